The number of carbonyl (C=O) groups excluding carboxylic acids is 1. The molecule has 4 unspecified atom stereocenters. The summed E-state index contributed by atoms with van der Waals surface area (Å²) in [6, 6.07) is 3.07. The molecule has 0 saturated carbocycles. The number of ether oxygens (including phenoxy) is 4. The summed E-state index contributed by atoms with van der Waals surface area (Å²) in [6.07, 6.45) is -13.6. The predicted molar refractivity (Wildman–Crippen MR) is 168 cm³/mol. The number of aldehydes is 1. The van der Waals surface area contributed by atoms with Gasteiger partial charge in [0.1, 0.15) is 79.7 Å². The number of rotatable bonds is 9. The number of aliphatic hydroxyl groups is 15. The van der Waals surface area contributed by atoms with Crippen molar-refractivity contribution in [3.63, 3.8) is 0 Å². The fourth-order valence-electron chi connectivity index (χ4n) is 3.67. The van der Waals surface area contributed by atoms with Crippen molar-refractivity contribution >= 4 is 26.4 Å². The van der Waals surface area contributed by atoms with Crippen molar-refractivity contribution in [2.24, 2.45) is 0 Å². The summed E-state index contributed by atoms with van der Waals surface area (Å²) in [5, 5.41) is 134. The molecular formula is C27H49Cl2CrFO21. The van der Waals surface area contributed by atoms with Crippen molar-refractivity contribution in [3.8, 4) is 0 Å². The molecule has 0 amide bonds. The van der Waals surface area contributed by atoms with Crippen LogP contribution in [0.2, 0.25) is 0 Å². The molecule has 52 heavy (non-hydrogen) atoms. The molecule has 0 spiro atoms. The Labute approximate surface area is 311 Å². The van der Waals surface area contributed by atoms with E-state index in [2.05, 4.69) is 14.2 Å². The average Bonchev–Trinajstić information content (AvgIpc) is 3.91. The van der Waals surface area contributed by atoms with Gasteiger partial charge in [-0.2, -0.15) is 0 Å². The Morgan fingerprint density at radius 2 is 1.48 bits per heavy atom. The third kappa shape index (κ3) is 17.9. The normalized spacial score (nSPS) is 30.2. The molecule has 15 N–H and O–H groups in total. The van der Waals surface area contributed by atoms with Crippen LogP contribution < -0.4 is 0 Å². The van der Waals surface area contributed by atoms with Crippen LogP contribution in [-0.4, -0.2) is 196 Å². The number of halogens is 3. The number of aliphatic hydroxyl groups excluding tert-OH is 14. The summed E-state index contributed by atoms with van der Waals surface area (Å²) in [5.41, 5.74) is 0. The summed E-state index contributed by atoms with van der Waals surface area (Å²) >= 11 is -0.181. The Bertz CT molecular complexity index is 1050. The molecule has 4 rings (SSSR count). The van der Waals surface area contributed by atoms with Crippen molar-refractivity contribution in [3.05, 3.63) is 35.7 Å². The van der Waals surface area contributed by atoms with Crippen molar-refractivity contribution in [2.75, 3.05) is 40.4 Å². The van der Waals surface area contributed by atoms with Gasteiger partial charge in [-0.15, -0.1) is 0 Å². The maximum atomic E-state index is 9.96. The first-order valence-corrected chi connectivity index (χ1v) is 17.6. The molecular weight excluding hydrogens is 802 g/mol. The molecule has 0 bridgehead atoms. The summed E-state index contributed by atoms with van der Waals surface area (Å²) in [6.45, 7) is -2.70. The summed E-state index contributed by atoms with van der Waals surface area (Å²) in [5.74, 6) is -1.46. The first kappa shape index (κ1) is 55.0. The number of hydrogen-bond donors (Lipinski definition) is 15. The van der Waals surface area contributed by atoms with E-state index in [0.717, 1.165) is 6.26 Å². The van der Waals surface area contributed by atoms with Crippen LogP contribution >= 0.6 is 20.1 Å². The number of alkyl halides is 1. The Kier molecular flexibility index (Phi) is 31.7. The minimum atomic E-state index is -2.16. The monoisotopic (exact) mass is 850 g/mol. The van der Waals surface area contributed by atoms with E-state index in [9.17, 15) is 24.5 Å². The van der Waals surface area contributed by atoms with Gasteiger partial charge in [0.05, 0.1) is 33.6 Å². The van der Waals surface area contributed by atoms with Gasteiger partial charge in [-0.25, -0.2) is 0 Å². The van der Waals surface area contributed by atoms with Crippen molar-refractivity contribution < 1.29 is 123 Å². The molecule has 0 radical (unpaired) electrons. The summed E-state index contributed by atoms with van der Waals surface area (Å²) in [7, 11) is 10.2. The Balaban J connectivity index is -0.000000590. The molecule has 12 atom stereocenters. The van der Waals surface area contributed by atoms with Gasteiger partial charge < -0.3 is 100.0 Å². The van der Waals surface area contributed by atoms with Crippen LogP contribution in [0.5, 0.6) is 0 Å². The summed E-state index contributed by atoms with van der Waals surface area (Å²) in [4.78, 5) is 9.96. The van der Waals surface area contributed by atoms with Gasteiger partial charge in [-0.1, -0.05) is 7.43 Å². The van der Waals surface area contributed by atoms with E-state index in [1.165, 1.54) is 6.07 Å². The molecule has 3 aliphatic rings. The van der Waals surface area contributed by atoms with Crippen LogP contribution in [0.4, 0.5) is 4.39 Å². The van der Waals surface area contributed by atoms with Gasteiger partial charge in [0, 0.05) is 0 Å². The molecule has 1 aromatic heterocycles. The zero-order valence-corrected chi connectivity index (χ0v) is 29.4. The van der Waals surface area contributed by atoms with Gasteiger partial charge >= 0.3 is 33.5 Å². The van der Waals surface area contributed by atoms with Crippen molar-refractivity contribution in [1.82, 2.24) is 0 Å². The van der Waals surface area contributed by atoms with E-state index in [1.807, 2.05) is 0 Å². The molecule has 21 nitrogen and oxygen atoms in total. The molecule has 0 aromatic carbocycles. The van der Waals surface area contributed by atoms with E-state index in [1.54, 1.807) is 6.07 Å². The van der Waals surface area contributed by atoms with E-state index in [4.69, 9.17) is 90.5 Å². The van der Waals surface area contributed by atoms with Crippen molar-refractivity contribution in [1.29, 1.82) is 0 Å². The fourth-order valence-corrected chi connectivity index (χ4v) is 3.67. The van der Waals surface area contributed by atoms with Crippen LogP contribution in [0.1, 0.15) is 23.7 Å². The van der Waals surface area contributed by atoms with Crippen LogP contribution in [-0.2, 0) is 38.9 Å². The molecule has 2 fully saturated rings. The van der Waals surface area contributed by atoms with Crippen LogP contribution in [0.15, 0.2) is 28.6 Å². The van der Waals surface area contributed by atoms with E-state index < -0.39 is 99.5 Å². The molecule has 1 aromatic rings. The van der Waals surface area contributed by atoms with E-state index >= 15 is 0 Å². The number of hydrogen-bond acceptors (Lipinski definition) is 21. The second-order valence-corrected chi connectivity index (χ2v) is 11.9. The first-order valence-electron chi connectivity index (χ1n) is 14.1. The van der Waals surface area contributed by atoms with Gasteiger partial charge in [-0.3, -0.25) is 9.18 Å². The first-order chi connectivity index (χ1) is 24.1. The molecule has 310 valence electrons. The van der Waals surface area contributed by atoms with E-state index in [0.29, 0.717) is 19.2 Å². The number of furan rings is 1. The zero-order chi connectivity index (χ0) is 39.9. The van der Waals surface area contributed by atoms with Crippen LogP contribution in [0, 0.1) is 0 Å². The standard InChI is InChI=1S/C7H12O6.2C6H12O6.C6H6O3.CH3F.CH4.2ClH.Cr/c8-1-4(9)6(10)7(11)5-2-12-3-13-5;7-1-3-4(9)5(10)6(11,2-8)12-3;7-1-2-3(8)4(9)5(10)6(11)12-2;7-3-5-1-2-6(4-8)9-5;1-2;;;;/h2,4,6-11H,1,3H2;3-5,7-11H,1-2H2;2-11H,1H2;1-3,8H,4H2;1H3;1H4;2*1H;/q;;;;;;;;+2/p-2/t4-,6-,7-;3-,4-,5+,6?;2?,3-,4+,5?,6?;;;;;;/m111....../s1. The topological polar surface area (TPSA) is 371 Å². The second-order valence-electron chi connectivity index (χ2n) is 9.77. The predicted octanol–water partition coefficient (Wildman–Crippen LogP) is -5.35. The molecule has 0 aliphatic carbocycles. The van der Waals surface area contributed by atoms with Crippen LogP contribution in [0.3, 0.4) is 0 Å². The quantitative estimate of drug-likeness (QED) is 0.103. The van der Waals surface area contributed by atoms with Crippen molar-refractivity contribution in [2.45, 2.75) is 87.2 Å². The third-order valence-corrected chi connectivity index (χ3v) is 6.44. The maximum absolute atomic E-state index is 9.96. The Morgan fingerprint density at radius 3 is 1.83 bits per heavy atom. The zero-order valence-electron chi connectivity index (χ0n) is 26.6. The fraction of sp³-hybridized carbons (Fsp3) is 0.741. The average molecular weight is 852 g/mol. The van der Waals surface area contributed by atoms with Gasteiger partial charge in [0.25, 0.3) is 0 Å². The molecule has 2 saturated heterocycles. The second kappa shape index (κ2) is 29.9. The van der Waals surface area contributed by atoms with Gasteiger partial charge in [0.15, 0.2) is 24.1 Å². The minimum absolute atomic E-state index is 0. The van der Waals surface area contributed by atoms with Gasteiger partial charge in [0.2, 0.25) is 12.6 Å². The van der Waals surface area contributed by atoms with E-state index in [-0.39, 0.29) is 45.7 Å². The molecule has 4 heterocycles. The van der Waals surface area contributed by atoms with Gasteiger partial charge in [-0.05, 0) is 12.1 Å². The Hall–Kier alpha value is -1.35. The Morgan fingerprint density at radius 1 is 0.923 bits per heavy atom. The third-order valence-electron chi connectivity index (χ3n) is 6.44. The summed E-state index contributed by atoms with van der Waals surface area (Å²) < 4.78 is 32.9. The van der Waals surface area contributed by atoms with Crippen LogP contribution in [0.25, 0.3) is 0 Å². The SMILES string of the molecule is C.CF.O=Cc1ccc(CO)o1.OCC1OC(O)C(O)[C@@H](O)[C@@H]1O.OC[C@@H](O)[C@@H](O)[C@H](O)C1=COCO1.OC[C@H]1OC(O)(CO)[C@@H](O)[C@@H]1O.[Cl][Cr][Cl]. The number of carbonyl (C=O) groups is 1. The molecule has 3 aliphatic heterocycles. The molecule has 25 heteroatoms.